The average molecular weight is 512 g/mol. The van der Waals surface area contributed by atoms with Gasteiger partial charge in [0.1, 0.15) is 12.4 Å². The van der Waals surface area contributed by atoms with Crippen molar-refractivity contribution in [2.45, 2.75) is 50.8 Å². The highest BCUT2D eigenvalue weighted by atomic mass is 16.6. The minimum Gasteiger partial charge on any atom is -0.491 e. The van der Waals surface area contributed by atoms with Crippen molar-refractivity contribution < 1.29 is 23.8 Å². The van der Waals surface area contributed by atoms with Gasteiger partial charge in [0.05, 0.1) is 31.4 Å². The van der Waals surface area contributed by atoms with Gasteiger partial charge in [0.2, 0.25) is 0 Å². The Morgan fingerprint density at radius 1 is 0.868 bits per heavy atom. The first-order chi connectivity index (χ1) is 18.5. The Morgan fingerprint density at radius 3 is 2.03 bits per heavy atom. The van der Waals surface area contributed by atoms with E-state index in [1.54, 1.807) is 0 Å². The number of benzene rings is 3. The lowest BCUT2D eigenvalue weighted by Crippen LogP contribution is -2.60. The summed E-state index contributed by atoms with van der Waals surface area (Å²) in [5.41, 5.74) is 5.48. The van der Waals surface area contributed by atoms with Crippen LogP contribution in [0.1, 0.15) is 54.1 Å². The van der Waals surface area contributed by atoms with Crippen LogP contribution in [0, 0.1) is 5.92 Å². The zero-order valence-electron chi connectivity index (χ0n) is 21.8. The van der Waals surface area contributed by atoms with E-state index in [0.717, 1.165) is 5.75 Å². The van der Waals surface area contributed by atoms with E-state index in [2.05, 4.69) is 24.3 Å². The van der Waals surface area contributed by atoms with Gasteiger partial charge in [-0.25, -0.2) is 4.79 Å². The summed E-state index contributed by atoms with van der Waals surface area (Å²) in [5.74, 6) is 0.740. The van der Waals surface area contributed by atoms with Crippen molar-refractivity contribution >= 4 is 11.9 Å². The molecule has 3 aliphatic rings. The average Bonchev–Trinajstić information content (AvgIpc) is 3.24. The first kappa shape index (κ1) is 24.7. The molecule has 2 saturated heterocycles. The molecule has 0 N–H and O–H groups in total. The van der Waals surface area contributed by atoms with Gasteiger partial charge < -0.3 is 14.2 Å². The molecule has 2 fully saturated rings. The van der Waals surface area contributed by atoms with Gasteiger partial charge in [-0.15, -0.1) is 0 Å². The number of amides is 1. The largest absolute Gasteiger partial charge is 0.491 e. The third-order valence-electron chi connectivity index (χ3n) is 7.95. The number of hydrogen-bond acceptors (Lipinski definition) is 5. The molecule has 2 heterocycles. The SMILES string of the molecule is CC(C)Oc1ccc(C(=O)C2CC3COCC(C2)N3C(=O)OCC2c3ccccc3-c3ccccc32)cc1. The Bertz CT molecular complexity index is 1270. The molecule has 1 aliphatic carbocycles. The summed E-state index contributed by atoms with van der Waals surface area (Å²) in [5, 5.41) is 0. The van der Waals surface area contributed by atoms with Gasteiger partial charge in [-0.2, -0.15) is 0 Å². The van der Waals surface area contributed by atoms with Crippen molar-refractivity contribution in [3.05, 3.63) is 89.5 Å². The van der Waals surface area contributed by atoms with E-state index in [1.165, 1.54) is 22.3 Å². The molecule has 6 nitrogen and oxygen atoms in total. The number of hydrogen-bond donors (Lipinski definition) is 0. The number of ketones is 1. The number of piperidine rings is 1. The first-order valence-corrected chi connectivity index (χ1v) is 13.5. The Kier molecular flexibility index (Phi) is 6.66. The normalized spacial score (nSPS) is 22.1. The third-order valence-corrected chi connectivity index (χ3v) is 7.95. The van der Waals surface area contributed by atoms with E-state index in [9.17, 15) is 9.59 Å². The van der Waals surface area contributed by atoms with Crippen LogP contribution in [0.5, 0.6) is 5.75 Å². The van der Waals surface area contributed by atoms with Crippen LogP contribution < -0.4 is 4.74 Å². The monoisotopic (exact) mass is 511 g/mol. The standard InChI is InChI=1S/C32H33NO5/c1-20(2)38-25-13-11-21(12-14-25)31(34)22-15-23-17-36-18-24(16-22)33(23)32(35)37-19-30-28-9-5-3-7-26(28)27-8-4-6-10-29(27)30/h3-14,20,22-24,30H,15-19H2,1-2H3. The summed E-state index contributed by atoms with van der Waals surface area (Å²) in [4.78, 5) is 28.6. The van der Waals surface area contributed by atoms with E-state index in [-0.39, 0.29) is 48.5 Å². The Hall–Kier alpha value is -3.64. The smallest absolute Gasteiger partial charge is 0.410 e. The second kappa shape index (κ2) is 10.3. The molecule has 0 saturated carbocycles. The predicted molar refractivity (Wildman–Crippen MR) is 145 cm³/mol. The summed E-state index contributed by atoms with van der Waals surface area (Å²) in [6, 6.07) is 23.7. The fraction of sp³-hybridized carbons (Fsp3) is 0.375. The van der Waals surface area contributed by atoms with E-state index in [1.807, 2.05) is 67.3 Å². The van der Waals surface area contributed by atoms with Crippen LogP contribution in [0.4, 0.5) is 4.79 Å². The molecule has 196 valence electrons. The number of rotatable bonds is 6. The van der Waals surface area contributed by atoms with Crippen LogP contribution in [0.3, 0.4) is 0 Å². The zero-order chi connectivity index (χ0) is 26.2. The van der Waals surface area contributed by atoms with Crippen molar-refractivity contribution in [1.82, 2.24) is 4.90 Å². The van der Waals surface area contributed by atoms with E-state index >= 15 is 0 Å². The quantitative estimate of drug-likeness (QED) is 0.375. The molecule has 1 amide bonds. The van der Waals surface area contributed by atoms with Gasteiger partial charge in [0, 0.05) is 17.4 Å². The molecular formula is C32H33NO5. The summed E-state index contributed by atoms with van der Waals surface area (Å²) in [7, 11) is 0. The molecule has 38 heavy (non-hydrogen) atoms. The first-order valence-electron chi connectivity index (χ1n) is 13.5. The highest BCUT2D eigenvalue weighted by molar-refractivity contribution is 5.98. The van der Waals surface area contributed by atoms with Crippen molar-refractivity contribution in [2.75, 3.05) is 19.8 Å². The van der Waals surface area contributed by atoms with Gasteiger partial charge in [-0.05, 0) is 73.2 Å². The van der Waals surface area contributed by atoms with Crippen molar-refractivity contribution in [3.8, 4) is 16.9 Å². The highest BCUT2D eigenvalue weighted by Crippen LogP contribution is 2.44. The van der Waals surface area contributed by atoms with Gasteiger partial charge in [0.15, 0.2) is 5.78 Å². The summed E-state index contributed by atoms with van der Waals surface area (Å²) >= 11 is 0. The van der Waals surface area contributed by atoms with Gasteiger partial charge in [-0.3, -0.25) is 9.69 Å². The number of carbonyl (C=O) groups excluding carboxylic acids is 2. The molecule has 3 aromatic carbocycles. The number of morpholine rings is 1. The minimum atomic E-state index is -0.314. The maximum Gasteiger partial charge on any atom is 0.410 e. The molecule has 0 spiro atoms. The molecule has 0 aromatic heterocycles. The van der Waals surface area contributed by atoms with Gasteiger partial charge in [0.25, 0.3) is 0 Å². The molecule has 0 radical (unpaired) electrons. The number of fused-ring (bicyclic) bond motifs is 5. The third kappa shape index (κ3) is 4.58. The number of carbonyl (C=O) groups is 2. The van der Waals surface area contributed by atoms with Crippen LogP contribution in [0.2, 0.25) is 0 Å². The summed E-state index contributed by atoms with van der Waals surface area (Å²) in [6.07, 6.45) is 0.914. The maximum absolute atomic E-state index is 13.4. The van der Waals surface area contributed by atoms with Crippen LogP contribution in [0.25, 0.3) is 11.1 Å². The van der Waals surface area contributed by atoms with Crippen LogP contribution >= 0.6 is 0 Å². The predicted octanol–water partition coefficient (Wildman–Crippen LogP) is 6.09. The van der Waals surface area contributed by atoms with E-state index in [0.29, 0.717) is 31.6 Å². The lowest BCUT2D eigenvalue weighted by atomic mass is 9.81. The lowest BCUT2D eigenvalue weighted by Gasteiger charge is -2.47. The summed E-state index contributed by atoms with van der Waals surface area (Å²) in [6.45, 7) is 5.09. The van der Waals surface area contributed by atoms with Crippen molar-refractivity contribution in [2.24, 2.45) is 5.92 Å². The van der Waals surface area contributed by atoms with Crippen molar-refractivity contribution in [3.63, 3.8) is 0 Å². The number of ether oxygens (including phenoxy) is 3. The Labute approximate surface area is 223 Å². The second-order valence-electron chi connectivity index (χ2n) is 10.8. The van der Waals surface area contributed by atoms with Crippen LogP contribution in [-0.2, 0) is 9.47 Å². The molecule has 6 rings (SSSR count). The molecule has 2 unspecified atom stereocenters. The molecule has 2 aliphatic heterocycles. The van der Waals surface area contributed by atoms with Crippen molar-refractivity contribution in [1.29, 1.82) is 0 Å². The molecular weight excluding hydrogens is 478 g/mol. The molecule has 2 atom stereocenters. The lowest BCUT2D eigenvalue weighted by molar-refractivity contribution is -0.0747. The maximum atomic E-state index is 13.4. The van der Waals surface area contributed by atoms with E-state index in [4.69, 9.17) is 14.2 Å². The zero-order valence-corrected chi connectivity index (χ0v) is 21.8. The van der Waals surface area contributed by atoms with Crippen LogP contribution in [-0.4, -0.2) is 54.8 Å². The fourth-order valence-corrected chi connectivity index (χ4v) is 6.30. The number of nitrogens with zero attached hydrogens (tertiary/aromatic N) is 1. The molecule has 6 heteroatoms. The summed E-state index contributed by atoms with van der Waals surface area (Å²) < 4.78 is 17.5. The Balaban J connectivity index is 1.13. The number of Topliss-reactive ketones (excluding diaryl/α,β-unsaturated/α-hetero) is 1. The van der Waals surface area contributed by atoms with Gasteiger partial charge >= 0.3 is 6.09 Å². The van der Waals surface area contributed by atoms with E-state index < -0.39 is 0 Å². The minimum absolute atomic E-state index is 0.0178. The van der Waals surface area contributed by atoms with Gasteiger partial charge in [-0.1, -0.05) is 48.5 Å². The fourth-order valence-electron chi connectivity index (χ4n) is 6.30. The highest BCUT2D eigenvalue weighted by Gasteiger charge is 2.45. The van der Waals surface area contributed by atoms with Crippen LogP contribution in [0.15, 0.2) is 72.8 Å². The second-order valence-corrected chi connectivity index (χ2v) is 10.8. The molecule has 2 bridgehead atoms. The topological polar surface area (TPSA) is 65.1 Å². The molecule has 3 aromatic rings. The Morgan fingerprint density at radius 2 is 1.45 bits per heavy atom.